The molecule has 0 unspecified atom stereocenters. The fraction of sp³-hybridized carbons (Fsp3) is 0.500. The monoisotopic (exact) mass is 491 g/mol. The van der Waals surface area contributed by atoms with Gasteiger partial charge in [-0.3, -0.25) is 9.69 Å². The minimum Gasteiger partial charge on any atom is -0.488 e. The normalized spacial score (nSPS) is 16.9. The molecule has 2 aliphatic heterocycles. The summed E-state index contributed by atoms with van der Waals surface area (Å²) in [7, 11) is 0. The fourth-order valence-electron chi connectivity index (χ4n) is 4.59. The van der Waals surface area contributed by atoms with E-state index in [1.807, 2.05) is 4.90 Å². The Morgan fingerprint density at radius 1 is 0.914 bits per heavy atom. The molecule has 190 valence electrons. The summed E-state index contributed by atoms with van der Waals surface area (Å²) in [5.41, 5.74) is 3.61. The van der Waals surface area contributed by atoms with Gasteiger partial charge in [0, 0.05) is 58.4 Å². The smallest absolute Gasteiger partial charge is 0.422 e. The summed E-state index contributed by atoms with van der Waals surface area (Å²) in [6.07, 6.45) is -2.49. The van der Waals surface area contributed by atoms with Gasteiger partial charge in [0.2, 0.25) is 5.91 Å². The summed E-state index contributed by atoms with van der Waals surface area (Å²) in [4.78, 5) is 18.3. The molecule has 35 heavy (non-hydrogen) atoms. The van der Waals surface area contributed by atoms with Crippen LogP contribution >= 0.6 is 0 Å². The van der Waals surface area contributed by atoms with E-state index < -0.39 is 12.8 Å². The number of benzene rings is 2. The molecular formula is C26H32F3N3O3. The van der Waals surface area contributed by atoms with Gasteiger partial charge in [0.15, 0.2) is 18.1 Å². The van der Waals surface area contributed by atoms with Crippen LogP contribution in [0.3, 0.4) is 0 Å². The number of rotatable bonds is 9. The van der Waals surface area contributed by atoms with Crippen LogP contribution in [0, 0.1) is 0 Å². The first-order valence-electron chi connectivity index (χ1n) is 12.0. The van der Waals surface area contributed by atoms with Crippen LogP contribution in [0.5, 0.6) is 11.5 Å². The summed E-state index contributed by atoms with van der Waals surface area (Å²) in [6.45, 7) is 6.91. The van der Waals surface area contributed by atoms with Gasteiger partial charge in [-0.15, -0.1) is 0 Å². The number of piperazine rings is 1. The summed E-state index contributed by atoms with van der Waals surface area (Å²) in [6, 6.07) is 12.9. The number of hydrogen-bond donors (Lipinski definition) is 0. The Bertz CT molecular complexity index is 1010. The molecule has 4 rings (SSSR count). The van der Waals surface area contributed by atoms with Crippen molar-refractivity contribution < 1.29 is 27.4 Å². The van der Waals surface area contributed by atoms with Crippen LogP contribution in [-0.2, 0) is 17.6 Å². The van der Waals surface area contributed by atoms with Gasteiger partial charge in [-0.2, -0.15) is 13.2 Å². The molecule has 2 heterocycles. The van der Waals surface area contributed by atoms with Gasteiger partial charge in [0.05, 0.1) is 0 Å². The van der Waals surface area contributed by atoms with E-state index in [0.717, 1.165) is 57.8 Å². The van der Waals surface area contributed by atoms with Gasteiger partial charge >= 0.3 is 6.18 Å². The first-order chi connectivity index (χ1) is 16.8. The molecule has 1 fully saturated rings. The topological polar surface area (TPSA) is 45.3 Å². The zero-order valence-electron chi connectivity index (χ0n) is 20.0. The van der Waals surface area contributed by atoms with Crippen LogP contribution < -0.4 is 14.4 Å². The third kappa shape index (κ3) is 7.11. The average molecular weight is 492 g/mol. The number of halogens is 3. The number of nitrogens with zero attached hydrogens (tertiary/aromatic N) is 3. The lowest BCUT2D eigenvalue weighted by Gasteiger charge is -2.34. The average Bonchev–Trinajstić information content (AvgIpc) is 3.26. The van der Waals surface area contributed by atoms with Gasteiger partial charge in [-0.25, -0.2) is 0 Å². The Morgan fingerprint density at radius 2 is 1.57 bits per heavy atom. The van der Waals surface area contributed by atoms with Crippen molar-refractivity contribution >= 4 is 11.6 Å². The summed E-state index contributed by atoms with van der Waals surface area (Å²) >= 11 is 0. The number of amides is 1. The lowest BCUT2D eigenvalue weighted by Crippen LogP contribution is -2.47. The highest BCUT2D eigenvalue weighted by atomic mass is 19.4. The van der Waals surface area contributed by atoms with Crippen LogP contribution in [0.4, 0.5) is 18.9 Å². The molecule has 2 aliphatic rings. The molecule has 0 spiro atoms. The highest BCUT2D eigenvalue weighted by Crippen LogP contribution is 2.30. The van der Waals surface area contributed by atoms with Crippen molar-refractivity contribution in [1.82, 2.24) is 9.80 Å². The third-order valence-corrected chi connectivity index (χ3v) is 6.51. The van der Waals surface area contributed by atoms with Gasteiger partial charge in [-0.1, -0.05) is 24.3 Å². The minimum atomic E-state index is -4.38. The highest BCUT2D eigenvalue weighted by Gasteiger charge is 2.29. The van der Waals surface area contributed by atoms with Crippen molar-refractivity contribution in [3.8, 4) is 11.5 Å². The zero-order chi connectivity index (χ0) is 24.8. The number of carbonyl (C=O) groups excluding carboxylic acids is 1. The van der Waals surface area contributed by atoms with Crippen molar-refractivity contribution in [3.63, 3.8) is 0 Å². The van der Waals surface area contributed by atoms with Crippen LogP contribution in [0.15, 0.2) is 42.5 Å². The predicted octanol–water partition coefficient (Wildman–Crippen LogP) is 3.78. The molecule has 0 radical (unpaired) electrons. The predicted molar refractivity (Wildman–Crippen MR) is 128 cm³/mol. The largest absolute Gasteiger partial charge is 0.488 e. The molecule has 1 amide bonds. The minimum absolute atomic E-state index is 0.0961. The second-order valence-corrected chi connectivity index (χ2v) is 9.02. The van der Waals surface area contributed by atoms with E-state index in [0.29, 0.717) is 18.9 Å². The molecule has 0 aliphatic carbocycles. The van der Waals surface area contributed by atoms with Crippen molar-refractivity contribution in [2.75, 3.05) is 63.9 Å². The number of anilines is 1. The van der Waals surface area contributed by atoms with Crippen molar-refractivity contribution in [2.45, 2.75) is 25.9 Å². The van der Waals surface area contributed by atoms with Gasteiger partial charge in [0.1, 0.15) is 6.61 Å². The third-order valence-electron chi connectivity index (χ3n) is 6.51. The lowest BCUT2D eigenvalue weighted by molar-refractivity contribution is -0.153. The molecule has 0 atom stereocenters. The molecule has 2 aromatic rings. The maximum atomic E-state index is 12.5. The molecule has 0 saturated carbocycles. The Labute approximate surface area is 204 Å². The molecule has 2 aromatic carbocycles. The molecule has 0 bridgehead atoms. The van der Waals surface area contributed by atoms with Crippen LogP contribution in [0.25, 0.3) is 0 Å². The van der Waals surface area contributed by atoms with E-state index in [-0.39, 0.29) is 11.7 Å². The van der Waals surface area contributed by atoms with E-state index in [4.69, 9.17) is 9.47 Å². The maximum Gasteiger partial charge on any atom is 0.422 e. The molecule has 1 saturated heterocycles. The molecular weight excluding hydrogens is 459 g/mol. The first-order valence-corrected chi connectivity index (χ1v) is 12.0. The quantitative estimate of drug-likeness (QED) is 0.535. The fourth-order valence-corrected chi connectivity index (χ4v) is 4.59. The van der Waals surface area contributed by atoms with Crippen molar-refractivity contribution in [1.29, 1.82) is 0 Å². The van der Waals surface area contributed by atoms with Crippen molar-refractivity contribution in [3.05, 3.63) is 53.6 Å². The molecule has 0 N–H and O–H groups in total. The van der Waals surface area contributed by atoms with Crippen LogP contribution in [0.2, 0.25) is 0 Å². The zero-order valence-corrected chi connectivity index (χ0v) is 20.0. The van der Waals surface area contributed by atoms with E-state index in [9.17, 15) is 18.0 Å². The lowest BCUT2D eigenvalue weighted by atomic mass is 10.1. The molecule has 0 aromatic heterocycles. The Kier molecular flexibility index (Phi) is 8.18. The summed E-state index contributed by atoms with van der Waals surface area (Å²) in [5.74, 6) is 0.533. The number of fused-ring (bicyclic) bond motifs is 1. The highest BCUT2D eigenvalue weighted by molar-refractivity contribution is 5.93. The number of hydrogen-bond acceptors (Lipinski definition) is 5. The first kappa shape index (κ1) is 25.3. The van der Waals surface area contributed by atoms with Gasteiger partial charge in [0.25, 0.3) is 0 Å². The van der Waals surface area contributed by atoms with E-state index >= 15 is 0 Å². The summed E-state index contributed by atoms with van der Waals surface area (Å²) in [5, 5.41) is 0. The number of carbonyl (C=O) groups is 1. The van der Waals surface area contributed by atoms with E-state index in [2.05, 4.69) is 28.0 Å². The Balaban J connectivity index is 1.17. The Hall–Kier alpha value is -2.78. The molecule has 6 nitrogen and oxygen atoms in total. The molecule has 9 heteroatoms. The second kappa shape index (κ2) is 11.3. The van der Waals surface area contributed by atoms with Gasteiger partial charge < -0.3 is 19.3 Å². The SMILES string of the molecule is CC(=O)N1CCc2cc(CCN3CCN(CCOc4ccccc4OCC(F)(F)F)CC3)ccc21. The van der Waals surface area contributed by atoms with Crippen LogP contribution in [0.1, 0.15) is 18.1 Å². The standard InChI is InChI=1S/C26H32F3N3O3/c1-20(33)32-11-9-22-18-21(6-7-23(22)32)8-10-30-12-14-31(15-13-30)16-17-34-24-4-2-3-5-25(24)35-19-26(27,28)29/h2-7,18H,8-17,19H2,1H3. The van der Waals surface area contributed by atoms with Crippen LogP contribution in [-0.4, -0.2) is 80.9 Å². The van der Waals surface area contributed by atoms with E-state index in [1.54, 1.807) is 25.1 Å². The van der Waals surface area contributed by atoms with E-state index in [1.165, 1.54) is 17.2 Å². The van der Waals surface area contributed by atoms with Gasteiger partial charge in [-0.05, 0) is 42.2 Å². The number of para-hydroxylation sites is 2. The summed E-state index contributed by atoms with van der Waals surface area (Å²) < 4.78 is 48.0. The number of ether oxygens (including phenoxy) is 2. The number of alkyl halides is 3. The Morgan fingerprint density at radius 3 is 2.23 bits per heavy atom. The second-order valence-electron chi connectivity index (χ2n) is 9.02. The maximum absolute atomic E-state index is 12.5. The van der Waals surface area contributed by atoms with Crippen molar-refractivity contribution in [2.24, 2.45) is 0 Å².